The van der Waals surface area contributed by atoms with Crippen molar-refractivity contribution in [2.45, 2.75) is 33.2 Å². The molecule has 0 saturated carbocycles. The molecule has 1 aromatic heterocycles. The Morgan fingerprint density at radius 3 is 2.69 bits per heavy atom. The molecule has 0 unspecified atom stereocenters. The van der Waals surface area contributed by atoms with Crippen LogP contribution in [0.15, 0.2) is 18.3 Å². The number of anilines is 1. The molecule has 1 aromatic rings. The van der Waals surface area contributed by atoms with Crippen molar-refractivity contribution in [2.24, 2.45) is 0 Å². The predicted octanol–water partition coefficient (Wildman–Crippen LogP) is 1.72. The summed E-state index contributed by atoms with van der Waals surface area (Å²) in [5.41, 5.74) is 0.905. The van der Waals surface area contributed by atoms with Crippen LogP contribution in [0.4, 0.5) is 5.82 Å². The highest BCUT2D eigenvalue weighted by molar-refractivity contribution is 5.91. The van der Waals surface area contributed by atoms with Crippen molar-refractivity contribution in [3.63, 3.8) is 0 Å². The molecule has 0 saturated heterocycles. The van der Waals surface area contributed by atoms with Crippen molar-refractivity contribution in [1.82, 2.24) is 10.3 Å². The Morgan fingerprint density at radius 2 is 2.12 bits per heavy atom. The van der Waals surface area contributed by atoms with Crippen LogP contribution < -0.4 is 10.6 Å². The normalized spacial score (nSPS) is 11.2. The number of aryl methyl sites for hydroxylation is 1. The molecule has 16 heavy (non-hydrogen) atoms. The summed E-state index contributed by atoms with van der Waals surface area (Å²) in [4.78, 5) is 15.7. The van der Waals surface area contributed by atoms with Crippen LogP contribution in [-0.2, 0) is 4.79 Å². The summed E-state index contributed by atoms with van der Waals surface area (Å²) in [5, 5.41) is 5.89. The van der Waals surface area contributed by atoms with E-state index in [-0.39, 0.29) is 11.4 Å². The molecule has 0 bridgehead atoms. The molecule has 0 atom stereocenters. The number of rotatable bonds is 3. The van der Waals surface area contributed by atoms with Gasteiger partial charge >= 0.3 is 0 Å². The Bertz CT molecular complexity index is 369. The Hall–Kier alpha value is -1.42. The Balaban J connectivity index is 2.50. The lowest BCUT2D eigenvalue weighted by molar-refractivity contribution is -0.115. The van der Waals surface area contributed by atoms with E-state index in [1.54, 1.807) is 6.20 Å². The summed E-state index contributed by atoms with van der Waals surface area (Å²) in [6.45, 7) is 8.27. The maximum Gasteiger partial charge on any atom is 0.239 e. The minimum atomic E-state index is -0.0725. The minimum absolute atomic E-state index is 0.0590. The number of carbonyl (C=O) groups is 1. The van der Waals surface area contributed by atoms with E-state index in [1.807, 2.05) is 39.8 Å². The molecule has 0 spiro atoms. The molecule has 0 aromatic carbocycles. The van der Waals surface area contributed by atoms with E-state index in [0.717, 1.165) is 5.56 Å². The third-order valence-electron chi connectivity index (χ3n) is 2.05. The second-order valence-electron chi connectivity index (χ2n) is 4.82. The third kappa shape index (κ3) is 4.40. The lowest BCUT2D eigenvalue weighted by atomic mass is 10.1. The van der Waals surface area contributed by atoms with Crippen LogP contribution in [0.1, 0.15) is 26.3 Å². The van der Waals surface area contributed by atoms with Gasteiger partial charge in [-0.3, -0.25) is 4.79 Å². The lowest BCUT2D eigenvalue weighted by Crippen LogP contribution is -2.41. The fourth-order valence-corrected chi connectivity index (χ4v) is 1.14. The first-order valence-electron chi connectivity index (χ1n) is 5.35. The average molecular weight is 221 g/mol. The number of amides is 1. The van der Waals surface area contributed by atoms with Gasteiger partial charge in [0.05, 0.1) is 6.54 Å². The average Bonchev–Trinajstić information content (AvgIpc) is 2.18. The zero-order chi connectivity index (χ0) is 12.2. The summed E-state index contributed by atoms with van der Waals surface area (Å²) in [5.74, 6) is 0.555. The fraction of sp³-hybridized carbons (Fsp3) is 0.500. The molecule has 0 fully saturated rings. The largest absolute Gasteiger partial charge is 0.309 e. The van der Waals surface area contributed by atoms with Gasteiger partial charge in [0.1, 0.15) is 5.82 Å². The first-order valence-corrected chi connectivity index (χ1v) is 5.35. The molecule has 1 amide bonds. The molecular weight excluding hydrogens is 202 g/mol. The van der Waals surface area contributed by atoms with Crippen LogP contribution in [0.5, 0.6) is 0 Å². The van der Waals surface area contributed by atoms with E-state index >= 15 is 0 Å². The van der Waals surface area contributed by atoms with E-state index in [1.165, 1.54) is 0 Å². The van der Waals surface area contributed by atoms with Crippen molar-refractivity contribution >= 4 is 11.7 Å². The maximum absolute atomic E-state index is 11.6. The van der Waals surface area contributed by atoms with E-state index in [4.69, 9.17) is 0 Å². The predicted molar refractivity (Wildman–Crippen MR) is 65.4 cm³/mol. The molecule has 0 aliphatic rings. The second-order valence-corrected chi connectivity index (χ2v) is 4.82. The summed E-state index contributed by atoms with van der Waals surface area (Å²) in [6.07, 6.45) is 1.67. The summed E-state index contributed by atoms with van der Waals surface area (Å²) in [7, 11) is 0. The molecule has 2 N–H and O–H groups in total. The number of hydrogen-bond acceptors (Lipinski definition) is 3. The van der Waals surface area contributed by atoms with E-state index in [2.05, 4.69) is 15.6 Å². The number of aromatic nitrogens is 1. The van der Waals surface area contributed by atoms with Gasteiger partial charge in [-0.05, 0) is 39.3 Å². The molecular formula is C12H19N3O. The standard InChI is InChI=1S/C12H19N3O/c1-9-6-5-7-13-11(9)15-10(16)8-14-12(2,3)4/h5-7,14H,8H2,1-4H3,(H,13,15,16). The van der Waals surface area contributed by atoms with Crippen molar-refractivity contribution in [1.29, 1.82) is 0 Å². The summed E-state index contributed by atoms with van der Waals surface area (Å²) in [6, 6.07) is 3.76. The zero-order valence-electron chi connectivity index (χ0n) is 10.3. The number of nitrogens with one attached hydrogen (secondary N) is 2. The lowest BCUT2D eigenvalue weighted by Gasteiger charge is -2.20. The third-order valence-corrected chi connectivity index (χ3v) is 2.05. The summed E-state index contributed by atoms with van der Waals surface area (Å²) < 4.78 is 0. The van der Waals surface area contributed by atoms with Crippen LogP contribution in [0.2, 0.25) is 0 Å². The minimum Gasteiger partial charge on any atom is -0.309 e. The van der Waals surface area contributed by atoms with Gasteiger partial charge < -0.3 is 10.6 Å². The molecule has 4 nitrogen and oxygen atoms in total. The topological polar surface area (TPSA) is 54.0 Å². The van der Waals surface area contributed by atoms with E-state index < -0.39 is 0 Å². The van der Waals surface area contributed by atoms with Crippen molar-refractivity contribution < 1.29 is 4.79 Å². The highest BCUT2D eigenvalue weighted by atomic mass is 16.2. The smallest absolute Gasteiger partial charge is 0.239 e. The van der Waals surface area contributed by atoms with E-state index in [9.17, 15) is 4.79 Å². The molecule has 1 heterocycles. The number of nitrogens with zero attached hydrogens (tertiary/aromatic N) is 1. The van der Waals surface area contributed by atoms with Crippen LogP contribution in [-0.4, -0.2) is 23.0 Å². The zero-order valence-corrected chi connectivity index (χ0v) is 10.3. The number of hydrogen-bond donors (Lipinski definition) is 2. The maximum atomic E-state index is 11.6. The molecule has 0 radical (unpaired) electrons. The van der Waals surface area contributed by atoms with Crippen LogP contribution in [0, 0.1) is 6.92 Å². The van der Waals surface area contributed by atoms with Gasteiger partial charge in [-0.15, -0.1) is 0 Å². The Kier molecular flexibility index (Phi) is 4.01. The number of carbonyl (C=O) groups excluding carboxylic acids is 1. The van der Waals surface area contributed by atoms with Crippen molar-refractivity contribution in [2.75, 3.05) is 11.9 Å². The Labute approximate surface area is 96.5 Å². The fourth-order valence-electron chi connectivity index (χ4n) is 1.14. The Morgan fingerprint density at radius 1 is 1.44 bits per heavy atom. The van der Waals surface area contributed by atoms with Gasteiger partial charge in [-0.1, -0.05) is 6.07 Å². The summed E-state index contributed by atoms with van der Waals surface area (Å²) >= 11 is 0. The quantitative estimate of drug-likeness (QED) is 0.817. The van der Waals surface area contributed by atoms with Gasteiger partial charge in [0.15, 0.2) is 0 Å². The number of pyridine rings is 1. The van der Waals surface area contributed by atoms with Gasteiger partial charge in [0, 0.05) is 11.7 Å². The molecule has 88 valence electrons. The molecule has 0 aliphatic heterocycles. The van der Waals surface area contributed by atoms with Crippen LogP contribution in [0.3, 0.4) is 0 Å². The van der Waals surface area contributed by atoms with Gasteiger partial charge in [-0.2, -0.15) is 0 Å². The molecule has 1 rings (SSSR count). The van der Waals surface area contributed by atoms with Crippen molar-refractivity contribution in [3.05, 3.63) is 23.9 Å². The molecule has 0 aliphatic carbocycles. The van der Waals surface area contributed by atoms with Gasteiger partial charge in [0.25, 0.3) is 0 Å². The van der Waals surface area contributed by atoms with Gasteiger partial charge in [0.2, 0.25) is 5.91 Å². The first kappa shape index (κ1) is 12.6. The highest BCUT2D eigenvalue weighted by Gasteiger charge is 2.11. The first-order chi connectivity index (χ1) is 7.38. The SMILES string of the molecule is Cc1cccnc1NC(=O)CNC(C)(C)C. The second kappa shape index (κ2) is 5.07. The molecule has 4 heteroatoms. The monoisotopic (exact) mass is 221 g/mol. The van der Waals surface area contributed by atoms with Crippen molar-refractivity contribution in [3.8, 4) is 0 Å². The van der Waals surface area contributed by atoms with Crippen LogP contribution >= 0.6 is 0 Å². The van der Waals surface area contributed by atoms with Gasteiger partial charge in [-0.25, -0.2) is 4.98 Å². The van der Waals surface area contributed by atoms with E-state index in [0.29, 0.717) is 12.4 Å². The van der Waals surface area contributed by atoms with Crippen LogP contribution in [0.25, 0.3) is 0 Å². The highest BCUT2D eigenvalue weighted by Crippen LogP contribution is 2.08.